The normalized spacial score (nSPS) is 20.6. The first-order valence-corrected chi connectivity index (χ1v) is 6.23. The van der Waals surface area contributed by atoms with E-state index in [1.807, 2.05) is 0 Å². The van der Waals surface area contributed by atoms with Gasteiger partial charge >= 0.3 is 0 Å². The first-order chi connectivity index (χ1) is 6.79. The van der Waals surface area contributed by atoms with E-state index >= 15 is 0 Å². The van der Waals surface area contributed by atoms with Gasteiger partial charge in [0.1, 0.15) is 0 Å². The first-order valence-electron chi connectivity index (χ1n) is 5.82. The van der Waals surface area contributed by atoms with E-state index in [0.29, 0.717) is 0 Å². The van der Waals surface area contributed by atoms with E-state index in [9.17, 15) is 0 Å². The zero-order valence-electron chi connectivity index (χ0n) is 8.96. The molecule has 0 spiro atoms. The summed E-state index contributed by atoms with van der Waals surface area (Å²) >= 11 is 5.38. The zero-order valence-corrected chi connectivity index (χ0v) is 9.78. The van der Waals surface area contributed by atoms with Crippen molar-refractivity contribution in [2.75, 3.05) is 19.6 Å². The second kappa shape index (κ2) is 4.47. The van der Waals surface area contributed by atoms with Gasteiger partial charge in [-0.1, -0.05) is 0 Å². The lowest BCUT2D eigenvalue weighted by atomic mass is 10.3. The van der Waals surface area contributed by atoms with Crippen molar-refractivity contribution in [3.05, 3.63) is 0 Å². The summed E-state index contributed by atoms with van der Waals surface area (Å²) in [5.41, 5.74) is 0. The van der Waals surface area contributed by atoms with Gasteiger partial charge in [-0.15, -0.1) is 0 Å². The largest absolute Gasteiger partial charge is 0.363 e. The number of nitrogens with one attached hydrogen (secondary N) is 1. The molecule has 2 aliphatic carbocycles. The van der Waals surface area contributed by atoms with Crippen LogP contribution in [0.3, 0.4) is 0 Å². The second-order valence-electron chi connectivity index (χ2n) is 4.63. The molecular formula is C11H20N2S. The van der Waals surface area contributed by atoms with Crippen LogP contribution in [0.2, 0.25) is 0 Å². The predicted molar refractivity (Wildman–Crippen MR) is 63.3 cm³/mol. The topological polar surface area (TPSA) is 15.3 Å². The Hall–Kier alpha value is -0.310. The molecule has 0 unspecified atom stereocenters. The average Bonchev–Trinajstić information content (AvgIpc) is 2.97. The molecule has 2 rings (SSSR count). The third-order valence-electron chi connectivity index (χ3n) is 2.97. The van der Waals surface area contributed by atoms with Crippen molar-refractivity contribution in [3.8, 4) is 0 Å². The van der Waals surface area contributed by atoms with Gasteiger partial charge in [-0.05, 0) is 56.7 Å². The molecule has 2 saturated carbocycles. The summed E-state index contributed by atoms with van der Waals surface area (Å²) in [6.07, 6.45) is 5.65. The number of nitrogens with zero attached hydrogens (tertiary/aromatic N) is 1. The van der Waals surface area contributed by atoms with Crippen LogP contribution in [0.1, 0.15) is 32.6 Å². The van der Waals surface area contributed by atoms with E-state index in [2.05, 4.69) is 17.1 Å². The molecular weight excluding hydrogens is 192 g/mol. The predicted octanol–water partition coefficient (Wildman–Crippen LogP) is 2.00. The van der Waals surface area contributed by atoms with Crippen molar-refractivity contribution in [2.45, 2.75) is 32.6 Å². The Morgan fingerprint density at radius 1 is 1.21 bits per heavy atom. The fourth-order valence-electron chi connectivity index (χ4n) is 1.73. The highest BCUT2D eigenvalue weighted by Gasteiger charge is 2.29. The molecule has 80 valence electrons. The first kappa shape index (κ1) is 10.2. The maximum atomic E-state index is 5.38. The van der Waals surface area contributed by atoms with E-state index in [0.717, 1.165) is 23.5 Å². The van der Waals surface area contributed by atoms with Crippen LogP contribution in [0.5, 0.6) is 0 Å². The van der Waals surface area contributed by atoms with E-state index in [1.54, 1.807) is 0 Å². The Labute approximate surface area is 92.0 Å². The fourth-order valence-corrected chi connectivity index (χ4v) is 2.02. The Balaban J connectivity index is 1.78. The molecule has 0 bridgehead atoms. The summed E-state index contributed by atoms with van der Waals surface area (Å²) in [4.78, 5) is 2.40. The van der Waals surface area contributed by atoms with Crippen molar-refractivity contribution in [1.82, 2.24) is 10.2 Å². The molecule has 0 aliphatic heterocycles. The van der Waals surface area contributed by atoms with Crippen LogP contribution in [0.15, 0.2) is 0 Å². The molecule has 0 aromatic heterocycles. The van der Waals surface area contributed by atoms with Crippen LogP contribution >= 0.6 is 12.2 Å². The molecule has 2 nitrogen and oxygen atoms in total. The Bertz CT molecular complexity index is 195. The smallest absolute Gasteiger partial charge is 0.168 e. The summed E-state index contributed by atoms with van der Waals surface area (Å²) in [6.45, 7) is 5.45. The number of thiocarbonyl (C=S) groups is 1. The summed E-state index contributed by atoms with van der Waals surface area (Å²) in [5, 5.41) is 4.25. The summed E-state index contributed by atoms with van der Waals surface area (Å²) < 4.78 is 0. The molecule has 0 heterocycles. The highest BCUT2D eigenvalue weighted by atomic mass is 32.1. The quantitative estimate of drug-likeness (QED) is 0.702. The van der Waals surface area contributed by atoms with Gasteiger partial charge in [0.25, 0.3) is 0 Å². The molecule has 1 N–H and O–H groups in total. The van der Waals surface area contributed by atoms with Crippen LogP contribution in [0, 0.1) is 11.8 Å². The summed E-state index contributed by atoms with van der Waals surface area (Å²) in [6, 6.07) is 0. The molecule has 0 aromatic carbocycles. The van der Waals surface area contributed by atoms with Gasteiger partial charge in [-0.3, -0.25) is 0 Å². The minimum absolute atomic E-state index is 0.936. The molecule has 0 amide bonds. The van der Waals surface area contributed by atoms with Gasteiger partial charge in [0.05, 0.1) is 0 Å². The average molecular weight is 212 g/mol. The summed E-state index contributed by atoms with van der Waals surface area (Å²) in [5.74, 6) is 1.87. The van der Waals surface area contributed by atoms with Gasteiger partial charge in [-0.25, -0.2) is 0 Å². The van der Waals surface area contributed by atoms with Crippen LogP contribution < -0.4 is 5.32 Å². The SMILES string of the molecule is CCNC(=S)N(CC1CC1)CC1CC1. The van der Waals surface area contributed by atoms with Crippen molar-refractivity contribution >= 4 is 17.3 Å². The molecule has 0 aromatic rings. The number of rotatable bonds is 5. The van der Waals surface area contributed by atoms with Gasteiger partial charge in [0.15, 0.2) is 5.11 Å². The number of hydrogen-bond donors (Lipinski definition) is 1. The molecule has 2 fully saturated rings. The Kier molecular flexibility index (Phi) is 3.26. The molecule has 0 atom stereocenters. The standard InChI is InChI=1S/C11H20N2S/c1-2-12-11(14)13(7-9-3-4-9)8-10-5-6-10/h9-10H,2-8H2,1H3,(H,12,14). The lowest BCUT2D eigenvalue weighted by molar-refractivity contribution is 0.378. The Morgan fingerprint density at radius 2 is 1.71 bits per heavy atom. The van der Waals surface area contributed by atoms with Gasteiger partial charge in [-0.2, -0.15) is 0 Å². The van der Waals surface area contributed by atoms with Crippen molar-refractivity contribution in [3.63, 3.8) is 0 Å². The van der Waals surface area contributed by atoms with Gasteiger partial charge < -0.3 is 10.2 Å². The highest BCUT2D eigenvalue weighted by Crippen LogP contribution is 2.33. The Morgan fingerprint density at radius 3 is 2.07 bits per heavy atom. The molecule has 2 aliphatic rings. The molecule has 0 saturated heterocycles. The molecule has 3 heteroatoms. The highest BCUT2D eigenvalue weighted by molar-refractivity contribution is 7.80. The van der Waals surface area contributed by atoms with Crippen molar-refractivity contribution in [2.24, 2.45) is 11.8 Å². The summed E-state index contributed by atoms with van der Waals surface area (Å²) in [7, 11) is 0. The van der Waals surface area contributed by atoms with Crippen LogP contribution in [-0.2, 0) is 0 Å². The minimum Gasteiger partial charge on any atom is -0.363 e. The monoisotopic (exact) mass is 212 g/mol. The van der Waals surface area contributed by atoms with Crippen molar-refractivity contribution in [1.29, 1.82) is 0 Å². The van der Waals surface area contributed by atoms with E-state index in [-0.39, 0.29) is 0 Å². The number of hydrogen-bond acceptors (Lipinski definition) is 1. The third kappa shape index (κ3) is 3.12. The lowest BCUT2D eigenvalue weighted by Crippen LogP contribution is -2.41. The van der Waals surface area contributed by atoms with E-state index < -0.39 is 0 Å². The maximum Gasteiger partial charge on any atom is 0.168 e. The van der Waals surface area contributed by atoms with Gasteiger partial charge in [0.2, 0.25) is 0 Å². The third-order valence-corrected chi connectivity index (χ3v) is 3.37. The zero-order chi connectivity index (χ0) is 9.97. The second-order valence-corrected chi connectivity index (χ2v) is 5.01. The van der Waals surface area contributed by atoms with Crippen LogP contribution in [-0.4, -0.2) is 29.6 Å². The van der Waals surface area contributed by atoms with E-state index in [1.165, 1.54) is 38.8 Å². The lowest BCUT2D eigenvalue weighted by Gasteiger charge is -2.25. The van der Waals surface area contributed by atoms with Crippen LogP contribution in [0.25, 0.3) is 0 Å². The minimum atomic E-state index is 0.936. The fraction of sp³-hybridized carbons (Fsp3) is 0.909. The maximum absolute atomic E-state index is 5.38. The van der Waals surface area contributed by atoms with Gasteiger partial charge in [0, 0.05) is 19.6 Å². The van der Waals surface area contributed by atoms with Crippen molar-refractivity contribution < 1.29 is 0 Å². The molecule has 0 radical (unpaired) electrons. The van der Waals surface area contributed by atoms with Crippen LogP contribution in [0.4, 0.5) is 0 Å². The van der Waals surface area contributed by atoms with E-state index in [4.69, 9.17) is 12.2 Å². The molecule has 14 heavy (non-hydrogen) atoms.